The molecular weight excluding hydrogens is 316 g/mol. The molecule has 25 heavy (non-hydrogen) atoms. The standard InChI is InChI=1S/C20H26N2O3/c1-14-9-11-16(12-10-14)20(2)18(24)22(19(25)21(20)3)13-17(23)15-7-5-4-6-8-15/h4-8,14,16H,9-13H2,1-3H3/t14-,16+,20?. The molecule has 5 nitrogen and oxygen atoms in total. The lowest BCUT2D eigenvalue weighted by Gasteiger charge is -2.40. The zero-order chi connectivity index (χ0) is 18.2. The van der Waals surface area contributed by atoms with E-state index in [0.29, 0.717) is 11.5 Å². The van der Waals surface area contributed by atoms with Crippen LogP contribution in [0.15, 0.2) is 30.3 Å². The summed E-state index contributed by atoms with van der Waals surface area (Å²) in [6.07, 6.45) is 4.06. The van der Waals surface area contributed by atoms with Gasteiger partial charge in [-0.25, -0.2) is 4.79 Å². The van der Waals surface area contributed by atoms with Crippen molar-refractivity contribution in [1.29, 1.82) is 0 Å². The molecule has 134 valence electrons. The minimum absolute atomic E-state index is 0.155. The van der Waals surface area contributed by atoms with Gasteiger partial charge in [-0.05, 0) is 31.6 Å². The van der Waals surface area contributed by atoms with E-state index in [1.807, 2.05) is 13.0 Å². The normalized spacial score (nSPS) is 30.0. The average molecular weight is 342 g/mol. The maximum atomic E-state index is 13.1. The largest absolute Gasteiger partial charge is 0.327 e. The van der Waals surface area contributed by atoms with Gasteiger partial charge in [0, 0.05) is 12.6 Å². The van der Waals surface area contributed by atoms with E-state index in [1.165, 1.54) is 0 Å². The summed E-state index contributed by atoms with van der Waals surface area (Å²) in [7, 11) is 1.69. The lowest BCUT2D eigenvalue weighted by molar-refractivity contribution is -0.135. The molecule has 0 radical (unpaired) electrons. The molecule has 1 heterocycles. The maximum absolute atomic E-state index is 13.1. The number of Topliss-reactive ketones (excluding diaryl/α,β-unsaturated/α-hetero) is 1. The first-order valence-corrected chi connectivity index (χ1v) is 9.03. The summed E-state index contributed by atoms with van der Waals surface area (Å²) in [5.41, 5.74) is -0.320. The molecule has 2 aliphatic rings. The van der Waals surface area contributed by atoms with Crippen LogP contribution in [0.2, 0.25) is 0 Å². The summed E-state index contributed by atoms with van der Waals surface area (Å²) in [6.45, 7) is 3.90. The predicted molar refractivity (Wildman–Crippen MR) is 95.2 cm³/mol. The Morgan fingerprint density at radius 3 is 2.32 bits per heavy atom. The van der Waals surface area contributed by atoms with E-state index in [0.717, 1.165) is 30.6 Å². The van der Waals surface area contributed by atoms with Gasteiger partial charge >= 0.3 is 6.03 Å². The van der Waals surface area contributed by atoms with Gasteiger partial charge in [-0.3, -0.25) is 14.5 Å². The van der Waals surface area contributed by atoms with Crippen LogP contribution in [0.1, 0.15) is 49.9 Å². The number of hydrogen-bond donors (Lipinski definition) is 0. The van der Waals surface area contributed by atoms with Crippen molar-refractivity contribution < 1.29 is 14.4 Å². The highest BCUT2D eigenvalue weighted by atomic mass is 16.2. The number of ketones is 1. The maximum Gasteiger partial charge on any atom is 0.327 e. The molecule has 0 spiro atoms. The quantitative estimate of drug-likeness (QED) is 0.623. The molecule has 0 N–H and O–H groups in total. The molecule has 1 saturated carbocycles. The van der Waals surface area contributed by atoms with E-state index in [4.69, 9.17) is 0 Å². The van der Waals surface area contributed by atoms with Gasteiger partial charge in [0.15, 0.2) is 5.78 Å². The molecule has 3 rings (SSSR count). The number of rotatable bonds is 4. The molecule has 1 atom stereocenters. The second kappa shape index (κ2) is 6.62. The van der Waals surface area contributed by atoms with Crippen molar-refractivity contribution in [3.63, 3.8) is 0 Å². The van der Waals surface area contributed by atoms with Gasteiger partial charge in [0.05, 0.1) is 6.54 Å². The zero-order valence-electron chi connectivity index (χ0n) is 15.2. The summed E-state index contributed by atoms with van der Waals surface area (Å²) in [5.74, 6) is 0.385. The van der Waals surface area contributed by atoms with Gasteiger partial charge in [0.25, 0.3) is 5.91 Å². The zero-order valence-corrected chi connectivity index (χ0v) is 15.2. The summed E-state index contributed by atoms with van der Waals surface area (Å²) in [5, 5.41) is 0. The van der Waals surface area contributed by atoms with Gasteiger partial charge in [0.2, 0.25) is 0 Å². The lowest BCUT2D eigenvalue weighted by atomic mass is 9.72. The first kappa shape index (κ1) is 17.6. The third-order valence-corrected chi connectivity index (χ3v) is 6.10. The molecule has 1 aromatic rings. The van der Waals surface area contributed by atoms with Crippen molar-refractivity contribution in [1.82, 2.24) is 9.80 Å². The van der Waals surface area contributed by atoms with Gasteiger partial charge in [-0.1, -0.05) is 50.1 Å². The van der Waals surface area contributed by atoms with Crippen molar-refractivity contribution in [3.8, 4) is 0 Å². The Kier molecular flexibility index (Phi) is 4.67. The van der Waals surface area contributed by atoms with Crippen molar-refractivity contribution >= 4 is 17.7 Å². The second-order valence-corrected chi connectivity index (χ2v) is 7.63. The number of likely N-dealkylation sites (N-methyl/N-ethyl adjacent to an activating group) is 1. The van der Waals surface area contributed by atoms with Crippen molar-refractivity contribution in [2.75, 3.05) is 13.6 Å². The van der Waals surface area contributed by atoms with Gasteiger partial charge in [0.1, 0.15) is 5.54 Å². The van der Waals surface area contributed by atoms with E-state index >= 15 is 0 Å². The SMILES string of the molecule is CN1C(=O)N(CC(=O)c2ccccc2)C(=O)C1(C)[C@H]1CC[C@@H](C)CC1. The highest BCUT2D eigenvalue weighted by molar-refractivity contribution is 6.11. The fourth-order valence-corrected chi connectivity index (χ4v) is 4.15. The monoisotopic (exact) mass is 342 g/mol. The Morgan fingerprint density at radius 2 is 1.72 bits per heavy atom. The van der Waals surface area contributed by atoms with Crippen LogP contribution >= 0.6 is 0 Å². The first-order valence-electron chi connectivity index (χ1n) is 9.03. The lowest BCUT2D eigenvalue weighted by Crippen LogP contribution is -2.52. The van der Waals surface area contributed by atoms with Gasteiger partial charge in [-0.15, -0.1) is 0 Å². The molecule has 5 heteroatoms. The minimum Gasteiger partial charge on any atom is -0.313 e. The number of carbonyl (C=O) groups is 3. The van der Waals surface area contributed by atoms with Crippen molar-refractivity contribution in [3.05, 3.63) is 35.9 Å². The fourth-order valence-electron chi connectivity index (χ4n) is 4.15. The van der Waals surface area contributed by atoms with Crippen LogP contribution in [0, 0.1) is 11.8 Å². The van der Waals surface area contributed by atoms with Gasteiger partial charge in [-0.2, -0.15) is 0 Å². The highest BCUT2D eigenvalue weighted by Crippen LogP contribution is 2.42. The van der Waals surface area contributed by atoms with Crippen molar-refractivity contribution in [2.45, 2.75) is 45.1 Å². The van der Waals surface area contributed by atoms with E-state index in [2.05, 4.69) is 6.92 Å². The molecule has 1 aliphatic carbocycles. The Balaban J connectivity index is 1.79. The van der Waals surface area contributed by atoms with Crippen LogP contribution in [-0.2, 0) is 4.79 Å². The van der Waals surface area contributed by atoms with E-state index in [-0.39, 0.29) is 30.2 Å². The summed E-state index contributed by atoms with van der Waals surface area (Å²) in [6, 6.07) is 8.44. The van der Waals surface area contributed by atoms with Crippen LogP contribution in [0.5, 0.6) is 0 Å². The Hall–Kier alpha value is -2.17. The number of amides is 3. The molecule has 3 amide bonds. The van der Waals surface area contributed by atoms with Crippen LogP contribution < -0.4 is 0 Å². The van der Waals surface area contributed by atoms with Gasteiger partial charge < -0.3 is 4.90 Å². The van der Waals surface area contributed by atoms with E-state index < -0.39 is 5.54 Å². The van der Waals surface area contributed by atoms with E-state index in [1.54, 1.807) is 36.2 Å². The Labute approximate surface area is 149 Å². The Bertz CT molecular complexity index is 679. The molecule has 1 aliphatic heterocycles. The third-order valence-electron chi connectivity index (χ3n) is 6.10. The molecule has 1 aromatic carbocycles. The number of urea groups is 1. The molecule has 0 aromatic heterocycles. The average Bonchev–Trinajstić information content (AvgIpc) is 2.79. The predicted octanol–water partition coefficient (Wildman–Crippen LogP) is 3.35. The first-order chi connectivity index (χ1) is 11.9. The number of benzene rings is 1. The van der Waals surface area contributed by atoms with E-state index in [9.17, 15) is 14.4 Å². The Morgan fingerprint density at radius 1 is 1.12 bits per heavy atom. The molecule has 2 fully saturated rings. The highest BCUT2D eigenvalue weighted by Gasteiger charge is 2.56. The van der Waals surface area contributed by atoms with Crippen LogP contribution in [-0.4, -0.2) is 46.7 Å². The summed E-state index contributed by atoms with van der Waals surface area (Å²) in [4.78, 5) is 40.9. The smallest absolute Gasteiger partial charge is 0.313 e. The summed E-state index contributed by atoms with van der Waals surface area (Å²) < 4.78 is 0. The molecule has 1 saturated heterocycles. The van der Waals surface area contributed by atoms with Crippen LogP contribution in [0.3, 0.4) is 0 Å². The topological polar surface area (TPSA) is 57.7 Å². The molecule has 1 unspecified atom stereocenters. The van der Waals surface area contributed by atoms with Crippen molar-refractivity contribution in [2.24, 2.45) is 11.8 Å². The third kappa shape index (κ3) is 2.96. The van der Waals surface area contributed by atoms with Crippen LogP contribution in [0.4, 0.5) is 4.79 Å². The molecule has 0 bridgehead atoms. The number of hydrogen-bond acceptors (Lipinski definition) is 3. The number of carbonyl (C=O) groups excluding carboxylic acids is 3. The molecular formula is C20H26N2O3. The number of imide groups is 1. The number of nitrogens with zero attached hydrogens (tertiary/aromatic N) is 2. The second-order valence-electron chi connectivity index (χ2n) is 7.63. The summed E-state index contributed by atoms with van der Waals surface area (Å²) >= 11 is 0. The minimum atomic E-state index is -0.839. The fraction of sp³-hybridized carbons (Fsp3) is 0.550. The van der Waals surface area contributed by atoms with Crippen LogP contribution in [0.25, 0.3) is 0 Å².